The van der Waals surface area contributed by atoms with Gasteiger partial charge in [0.15, 0.2) is 0 Å². The summed E-state index contributed by atoms with van der Waals surface area (Å²) < 4.78 is 0. The lowest BCUT2D eigenvalue weighted by atomic mass is 10.3. The average Bonchev–Trinajstić information content (AvgIpc) is 2.90. The van der Waals surface area contributed by atoms with Crippen molar-refractivity contribution in [2.75, 3.05) is 25.1 Å². The highest BCUT2D eigenvalue weighted by molar-refractivity contribution is 7.13. The summed E-state index contributed by atoms with van der Waals surface area (Å²) in [6.45, 7) is 0.951. The smallest absolute Gasteiger partial charge is 0.225 e. The van der Waals surface area contributed by atoms with Crippen LogP contribution < -0.4 is 4.90 Å². The molecule has 0 aliphatic carbocycles. The highest BCUT2D eigenvalue weighted by atomic mass is 32.1. The Kier molecular flexibility index (Phi) is 4.06. The zero-order valence-corrected chi connectivity index (χ0v) is 10.5. The summed E-state index contributed by atoms with van der Waals surface area (Å²) >= 11 is 1.68. The predicted molar refractivity (Wildman–Crippen MR) is 70.3 cm³/mol. The summed E-state index contributed by atoms with van der Waals surface area (Å²) in [5, 5.41) is 10.8. The molecule has 0 spiro atoms. The minimum absolute atomic E-state index is 0.192. The van der Waals surface area contributed by atoms with E-state index >= 15 is 0 Å². The van der Waals surface area contributed by atoms with E-state index in [9.17, 15) is 0 Å². The third-order valence-corrected chi connectivity index (χ3v) is 3.36. The number of nitrogens with zero attached hydrogens (tertiary/aromatic N) is 3. The quantitative estimate of drug-likeness (QED) is 0.880. The van der Waals surface area contributed by atoms with Crippen molar-refractivity contribution in [2.24, 2.45) is 0 Å². The summed E-state index contributed by atoms with van der Waals surface area (Å²) in [4.78, 5) is 11.8. The van der Waals surface area contributed by atoms with Crippen LogP contribution in [-0.4, -0.2) is 35.3 Å². The fourth-order valence-corrected chi connectivity index (χ4v) is 2.20. The van der Waals surface area contributed by atoms with Crippen LogP contribution in [0.1, 0.15) is 6.42 Å². The van der Waals surface area contributed by atoms with Gasteiger partial charge in [-0.2, -0.15) is 0 Å². The number of aliphatic hydroxyl groups excluding tert-OH is 1. The van der Waals surface area contributed by atoms with Crippen LogP contribution in [0.4, 0.5) is 5.95 Å². The van der Waals surface area contributed by atoms with Gasteiger partial charge in [0.05, 0.1) is 0 Å². The van der Waals surface area contributed by atoms with Crippen LogP contribution in [0, 0.1) is 0 Å². The Morgan fingerprint density at radius 2 is 2.12 bits per heavy atom. The van der Waals surface area contributed by atoms with E-state index in [0.717, 1.165) is 18.5 Å². The average molecular weight is 249 g/mol. The first-order chi connectivity index (χ1) is 8.31. The second kappa shape index (κ2) is 5.75. The first kappa shape index (κ1) is 12.0. The molecule has 1 N–H and O–H groups in total. The molecule has 2 aromatic heterocycles. The van der Waals surface area contributed by atoms with Crippen molar-refractivity contribution in [1.29, 1.82) is 0 Å². The van der Waals surface area contributed by atoms with E-state index in [1.54, 1.807) is 11.3 Å². The summed E-state index contributed by atoms with van der Waals surface area (Å²) in [7, 11) is 1.93. The second-order valence-electron chi connectivity index (χ2n) is 3.75. The number of aromatic nitrogens is 2. The molecule has 4 nitrogen and oxygen atoms in total. The van der Waals surface area contributed by atoms with Crippen LogP contribution in [0.3, 0.4) is 0 Å². The van der Waals surface area contributed by atoms with Gasteiger partial charge in [-0.3, -0.25) is 0 Å². The van der Waals surface area contributed by atoms with Crippen LogP contribution >= 0.6 is 11.3 Å². The van der Waals surface area contributed by atoms with Gasteiger partial charge in [-0.25, -0.2) is 9.97 Å². The number of aliphatic hydroxyl groups is 1. The summed E-state index contributed by atoms with van der Waals surface area (Å²) in [6.07, 6.45) is 4.40. The number of rotatable bonds is 5. The largest absolute Gasteiger partial charge is 0.396 e. The topological polar surface area (TPSA) is 49.2 Å². The van der Waals surface area contributed by atoms with Crippen LogP contribution in [0.2, 0.25) is 0 Å². The Balaban J connectivity index is 2.08. The maximum absolute atomic E-state index is 8.77. The fourth-order valence-electron chi connectivity index (χ4n) is 1.50. The molecular formula is C12H15N3OS. The molecule has 0 saturated carbocycles. The van der Waals surface area contributed by atoms with Crippen molar-refractivity contribution < 1.29 is 5.11 Å². The molecule has 0 aliphatic heterocycles. The van der Waals surface area contributed by atoms with Gasteiger partial charge in [-0.1, -0.05) is 6.07 Å². The van der Waals surface area contributed by atoms with Gasteiger partial charge in [0, 0.05) is 43.0 Å². The molecule has 2 aromatic rings. The van der Waals surface area contributed by atoms with Gasteiger partial charge in [0.1, 0.15) is 0 Å². The van der Waals surface area contributed by atoms with E-state index in [1.165, 1.54) is 4.88 Å². The van der Waals surface area contributed by atoms with Gasteiger partial charge in [0.25, 0.3) is 0 Å². The van der Waals surface area contributed by atoms with Crippen molar-refractivity contribution >= 4 is 17.3 Å². The van der Waals surface area contributed by atoms with Gasteiger partial charge in [-0.05, 0) is 17.9 Å². The van der Waals surface area contributed by atoms with Crippen molar-refractivity contribution in [3.8, 4) is 10.4 Å². The monoisotopic (exact) mass is 249 g/mol. The summed E-state index contributed by atoms with van der Waals surface area (Å²) in [5.41, 5.74) is 1.04. The molecule has 17 heavy (non-hydrogen) atoms. The van der Waals surface area contributed by atoms with E-state index in [4.69, 9.17) is 5.11 Å². The molecule has 5 heteroatoms. The standard InChI is InChI=1S/C12H15N3OS/c1-15(5-3-6-16)12-13-8-10(9-14-12)11-4-2-7-17-11/h2,4,7-9,16H,3,5-6H2,1H3. The fraction of sp³-hybridized carbons (Fsp3) is 0.333. The van der Waals surface area contributed by atoms with Crippen molar-refractivity contribution in [3.05, 3.63) is 29.9 Å². The molecule has 0 bridgehead atoms. The molecule has 2 rings (SSSR count). The normalized spacial score (nSPS) is 10.5. The Morgan fingerprint density at radius 1 is 1.35 bits per heavy atom. The van der Waals surface area contributed by atoms with E-state index in [0.29, 0.717) is 5.95 Å². The molecular weight excluding hydrogens is 234 g/mol. The zero-order chi connectivity index (χ0) is 12.1. The first-order valence-electron chi connectivity index (χ1n) is 5.49. The van der Waals surface area contributed by atoms with Crippen LogP contribution in [0.15, 0.2) is 29.9 Å². The molecule has 0 radical (unpaired) electrons. The Hall–Kier alpha value is -1.46. The Morgan fingerprint density at radius 3 is 2.71 bits per heavy atom. The first-order valence-corrected chi connectivity index (χ1v) is 6.37. The molecule has 0 unspecified atom stereocenters. The van der Waals surface area contributed by atoms with Crippen molar-refractivity contribution in [1.82, 2.24) is 9.97 Å². The lowest BCUT2D eigenvalue weighted by Gasteiger charge is -2.15. The molecule has 0 amide bonds. The highest BCUT2D eigenvalue weighted by Gasteiger charge is 2.05. The molecule has 0 saturated heterocycles. The molecule has 0 fully saturated rings. The lowest BCUT2D eigenvalue weighted by molar-refractivity contribution is 0.290. The molecule has 0 aromatic carbocycles. The van der Waals surface area contributed by atoms with Gasteiger partial charge >= 0.3 is 0 Å². The Labute approximate surface area is 105 Å². The SMILES string of the molecule is CN(CCCO)c1ncc(-c2cccs2)cn1. The molecule has 0 aliphatic rings. The van der Waals surface area contributed by atoms with Crippen LogP contribution in [0.5, 0.6) is 0 Å². The molecule has 0 atom stereocenters. The van der Waals surface area contributed by atoms with Gasteiger partial charge in [0.2, 0.25) is 5.95 Å². The van der Waals surface area contributed by atoms with Gasteiger partial charge < -0.3 is 10.0 Å². The highest BCUT2D eigenvalue weighted by Crippen LogP contribution is 2.23. The van der Waals surface area contributed by atoms with E-state index in [-0.39, 0.29) is 6.61 Å². The van der Waals surface area contributed by atoms with E-state index in [1.807, 2.05) is 35.8 Å². The Bertz CT molecular complexity index is 441. The predicted octanol–water partition coefficient (Wildman–Crippen LogP) is 2.02. The minimum atomic E-state index is 0.192. The maximum Gasteiger partial charge on any atom is 0.225 e. The van der Waals surface area contributed by atoms with Gasteiger partial charge in [-0.15, -0.1) is 11.3 Å². The number of anilines is 1. The second-order valence-corrected chi connectivity index (χ2v) is 4.70. The van der Waals surface area contributed by atoms with E-state index < -0.39 is 0 Å². The van der Waals surface area contributed by atoms with Crippen molar-refractivity contribution in [3.63, 3.8) is 0 Å². The third-order valence-electron chi connectivity index (χ3n) is 2.44. The summed E-state index contributed by atoms with van der Waals surface area (Å²) in [5.74, 6) is 0.693. The summed E-state index contributed by atoms with van der Waals surface area (Å²) in [6, 6.07) is 4.07. The lowest BCUT2D eigenvalue weighted by Crippen LogP contribution is -2.21. The number of hydrogen-bond acceptors (Lipinski definition) is 5. The maximum atomic E-state index is 8.77. The number of thiophene rings is 1. The number of hydrogen-bond donors (Lipinski definition) is 1. The van der Waals surface area contributed by atoms with Crippen LogP contribution in [0.25, 0.3) is 10.4 Å². The molecule has 2 heterocycles. The third kappa shape index (κ3) is 3.01. The van der Waals surface area contributed by atoms with E-state index in [2.05, 4.69) is 16.0 Å². The minimum Gasteiger partial charge on any atom is -0.396 e. The van der Waals surface area contributed by atoms with Crippen LogP contribution in [-0.2, 0) is 0 Å². The molecule has 90 valence electrons. The zero-order valence-electron chi connectivity index (χ0n) is 9.71. The van der Waals surface area contributed by atoms with Crippen molar-refractivity contribution in [2.45, 2.75) is 6.42 Å².